The second-order valence-corrected chi connectivity index (χ2v) is 8.03. The van der Waals surface area contributed by atoms with E-state index in [2.05, 4.69) is 32.8 Å². The van der Waals surface area contributed by atoms with Crippen molar-refractivity contribution in [2.45, 2.75) is 19.9 Å². The summed E-state index contributed by atoms with van der Waals surface area (Å²) in [4.78, 5) is 23.1. The van der Waals surface area contributed by atoms with Crippen LogP contribution in [-0.2, 0) is 13.0 Å². The first-order chi connectivity index (χ1) is 11.2. The predicted octanol–water partition coefficient (Wildman–Crippen LogP) is 3.49. The summed E-state index contributed by atoms with van der Waals surface area (Å²) in [7, 11) is 0. The number of nitrogens with two attached hydrogens (primary N) is 1. The van der Waals surface area contributed by atoms with Crippen molar-refractivity contribution in [3.8, 4) is 10.6 Å². The molecule has 0 fully saturated rings. The number of amides is 1. The first kappa shape index (κ1) is 19.0. The van der Waals surface area contributed by atoms with E-state index in [1.807, 2.05) is 6.92 Å². The molecule has 0 saturated heterocycles. The molecule has 0 aromatic carbocycles. The van der Waals surface area contributed by atoms with Crippen molar-refractivity contribution in [1.29, 1.82) is 0 Å². The number of hydrogen-bond donors (Lipinski definition) is 2. The quantitative estimate of drug-likeness (QED) is 0.663. The van der Waals surface area contributed by atoms with E-state index in [4.69, 9.17) is 5.73 Å². The van der Waals surface area contributed by atoms with Gasteiger partial charge in [0.25, 0.3) is 5.91 Å². The number of thiophene rings is 1. The van der Waals surface area contributed by atoms with Gasteiger partial charge in [0, 0.05) is 28.7 Å². The molecule has 0 radical (unpaired) electrons. The van der Waals surface area contributed by atoms with Crippen LogP contribution in [0.1, 0.15) is 25.4 Å². The molecule has 1 amide bonds. The van der Waals surface area contributed by atoms with Gasteiger partial charge in [-0.05, 0) is 25.5 Å². The molecule has 0 bridgehead atoms. The number of aromatic nitrogens is 2. The minimum Gasteiger partial charge on any atom is -0.350 e. The van der Waals surface area contributed by atoms with Crippen LogP contribution in [0.3, 0.4) is 0 Å². The molecule has 0 atom stereocenters. The van der Waals surface area contributed by atoms with Crippen molar-refractivity contribution in [2.75, 3.05) is 6.54 Å². The molecule has 0 unspecified atom stereocenters. The lowest BCUT2D eigenvalue weighted by molar-refractivity contribution is 0.0950. The van der Waals surface area contributed by atoms with Gasteiger partial charge in [-0.25, -0.2) is 9.97 Å². The highest BCUT2D eigenvalue weighted by molar-refractivity contribution is 7.16. The zero-order valence-corrected chi connectivity index (χ0v) is 16.2. The SMILES string of the molecule is Cc1nc(-c2ccc(CCNC(=O)c3csc(CN)n3)s2)cs1.Cl. The third-order valence-corrected chi connectivity index (χ3v) is 5.96. The number of nitrogens with one attached hydrogen (secondary N) is 1. The number of carbonyl (C=O) groups is 1. The minimum absolute atomic E-state index is 0. The maximum Gasteiger partial charge on any atom is 0.270 e. The summed E-state index contributed by atoms with van der Waals surface area (Å²) in [5, 5.41) is 8.56. The Morgan fingerprint density at radius 1 is 1.25 bits per heavy atom. The van der Waals surface area contributed by atoms with Crippen LogP contribution >= 0.6 is 46.4 Å². The lowest BCUT2D eigenvalue weighted by atomic mass is 10.3. The molecule has 0 saturated carbocycles. The summed E-state index contributed by atoms with van der Waals surface area (Å²) >= 11 is 4.78. The van der Waals surface area contributed by atoms with Gasteiger partial charge in [0.2, 0.25) is 0 Å². The molecule has 128 valence electrons. The second kappa shape index (κ2) is 8.68. The summed E-state index contributed by atoms with van der Waals surface area (Å²) in [6.45, 7) is 2.96. The molecular formula is C15H17ClN4OS3. The van der Waals surface area contributed by atoms with Crippen LogP contribution in [0.15, 0.2) is 22.9 Å². The Labute approximate surface area is 158 Å². The first-order valence-electron chi connectivity index (χ1n) is 7.09. The highest BCUT2D eigenvalue weighted by atomic mass is 35.5. The van der Waals surface area contributed by atoms with Crippen LogP contribution in [0.2, 0.25) is 0 Å². The van der Waals surface area contributed by atoms with Crippen LogP contribution in [-0.4, -0.2) is 22.4 Å². The number of nitrogens with zero attached hydrogens (tertiary/aromatic N) is 2. The molecule has 0 aliphatic heterocycles. The van der Waals surface area contributed by atoms with E-state index in [1.165, 1.54) is 21.1 Å². The summed E-state index contributed by atoms with van der Waals surface area (Å²) < 4.78 is 0. The molecule has 24 heavy (non-hydrogen) atoms. The fourth-order valence-corrected chi connectivity index (χ4v) is 4.34. The van der Waals surface area contributed by atoms with Crippen molar-refractivity contribution >= 4 is 52.3 Å². The fourth-order valence-electron chi connectivity index (χ4n) is 2.03. The number of rotatable bonds is 6. The normalized spacial score (nSPS) is 10.4. The molecule has 0 aliphatic carbocycles. The highest BCUT2D eigenvalue weighted by Gasteiger charge is 2.10. The molecule has 3 rings (SSSR count). The summed E-state index contributed by atoms with van der Waals surface area (Å²) in [6, 6.07) is 4.18. The Morgan fingerprint density at radius 3 is 2.75 bits per heavy atom. The van der Waals surface area contributed by atoms with E-state index in [0.29, 0.717) is 18.8 Å². The standard InChI is InChI=1S/C15H16N4OS3.ClH/c1-9-18-11(7-21-9)13-3-2-10(23-13)4-5-17-15(20)12-8-22-14(6-16)19-12;/h2-3,7-8H,4-6,16H2,1H3,(H,17,20);1H. The highest BCUT2D eigenvalue weighted by Crippen LogP contribution is 2.29. The van der Waals surface area contributed by atoms with Crippen molar-refractivity contribution in [2.24, 2.45) is 5.73 Å². The smallest absolute Gasteiger partial charge is 0.270 e. The maximum atomic E-state index is 12.0. The monoisotopic (exact) mass is 400 g/mol. The molecular weight excluding hydrogens is 384 g/mol. The lowest BCUT2D eigenvalue weighted by Gasteiger charge is -2.01. The number of halogens is 1. The van der Waals surface area contributed by atoms with Crippen molar-refractivity contribution < 1.29 is 4.79 Å². The van der Waals surface area contributed by atoms with Crippen LogP contribution in [0.25, 0.3) is 10.6 Å². The molecule has 0 aliphatic rings. The average Bonchev–Trinajstić information content (AvgIpc) is 3.26. The molecule has 3 N–H and O–H groups in total. The van der Waals surface area contributed by atoms with Gasteiger partial charge < -0.3 is 11.1 Å². The van der Waals surface area contributed by atoms with Gasteiger partial charge in [-0.1, -0.05) is 0 Å². The number of thiazole rings is 2. The minimum atomic E-state index is -0.146. The molecule has 3 aromatic heterocycles. The summed E-state index contributed by atoms with van der Waals surface area (Å²) in [5.41, 5.74) is 6.98. The predicted molar refractivity (Wildman–Crippen MR) is 103 cm³/mol. The van der Waals surface area contributed by atoms with Gasteiger partial charge >= 0.3 is 0 Å². The Morgan fingerprint density at radius 2 is 2.08 bits per heavy atom. The molecule has 5 nitrogen and oxygen atoms in total. The molecule has 3 aromatic rings. The van der Waals surface area contributed by atoms with Gasteiger partial charge in [-0.15, -0.1) is 46.4 Å². The Balaban J connectivity index is 0.00000208. The van der Waals surface area contributed by atoms with Crippen molar-refractivity contribution in [1.82, 2.24) is 15.3 Å². The largest absolute Gasteiger partial charge is 0.350 e. The lowest BCUT2D eigenvalue weighted by Crippen LogP contribution is -2.25. The summed E-state index contributed by atoms with van der Waals surface area (Å²) in [6.07, 6.45) is 0.799. The third kappa shape index (κ3) is 4.61. The fraction of sp³-hybridized carbons (Fsp3) is 0.267. The number of hydrogen-bond acceptors (Lipinski definition) is 7. The van der Waals surface area contributed by atoms with Crippen molar-refractivity contribution in [3.05, 3.63) is 43.5 Å². The topological polar surface area (TPSA) is 80.9 Å². The van der Waals surface area contributed by atoms with Gasteiger partial charge in [0.1, 0.15) is 10.7 Å². The van der Waals surface area contributed by atoms with Crippen LogP contribution in [0.5, 0.6) is 0 Å². The average molecular weight is 401 g/mol. The Kier molecular flexibility index (Phi) is 6.88. The Hall–Kier alpha value is -1.32. The van der Waals surface area contributed by atoms with E-state index in [9.17, 15) is 4.79 Å². The van der Waals surface area contributed by atoms with E-state index < -0.39 is 0 Å². The van der Waals surface area contributed by atoms with E-state index in [-0.39, 0.29) is 18.3 Å². The van der Waals surface area contributed by atoms with E-state index in [0.717, 1.165) is 22.1 Å². The van der Waals surface area contributed by atoms with Gasteiger partial charge in [0.05, 0.1) is 15.6 Å². The number of aryl methyl sites for hydroxylation is 1. The molecule has 9 heteroatoms. The third-order valence-electron chi connectivity index (χ3n) is 3.15. The van der Waals surface area contributed by atoms with Crippen LogP contribution in [0.4, 0.5) is 0 Å². The maximum absolute atomic E-state index is 12.0. The van der Waals surface area contributed by atoms with Crippen LogP contribution < -0.4 is 11.1 Å². The van der Waals surface area contributed by atoms with E-state index in [1.54, 1.807) is 28.1 Å². The zero-order valence-electron chi connectivity index (χ0n) is 12.9. The second-order valence-electron chi connectivity index (χ2n) is 4.85. The first-order valence-corrected chi connectivity index (χ1v) is 9.67. The molecule has 3 heterocycles. The Bertz CT molecular complexity index is 811. The van der Waals surface area contributed by atoms with Gasteiger partial charge in [-0.2, -0.15) is 0 Å². The zero-order chi connectivity index (χ0) is 16.2. The van der Waals surface area contributed by atoms with Gasteiger partial charge in [0.15, 0.2) is 0 Å². The van der Waals surface area contributed by atoms with Gasteiger partial charge in [-0.3, -0.25) is 4.79 Å². The van der Waals surface area contributed by atoms with Crippen LogP contribution in [0, 0.1) is 6.92 Å². The molecule has 0 spiro atoms. The van der Waals surface area contributed by atoms with Crippen molar-refractivity contribution in [3.63, 3.8) is 0 Å². The summed E-state index contributed by atoms with van der Waals surface area (Å²) in [5.74, 6) is -0.146. The number of carbonyl (C=O) groups excluding carboxylic acids is 1. The van der Waals surface area contributed by atoms with E-state index >= 15 is 0 Å².